The van der Waals surface area contributed by atoms with Crippen molar-refractivity contribution >= 4 is 29.3 Å². The van der Waals surface area contributed by atoms with Gasteiger partial charge in [0.1, 0.15) is 5.75 Å². The van der Waals surface area contributed by atoms with Crippen LogP contribution in [0.4, 0.5) is 0 Å². The van der Waals surface area contributed by atoms with E-state index in [1.165, 1.54) is 39.9 Å². The molecule has 13 nitrogen and oxygen atoms in total. The zero-order valence-electron chi connectivity index (χ0n) is 43.9. The molecule has 0 saturated heterocycles. The van der Waals surface area contributed by atoms with Gasteiger partial charge in [0, 0.05) is 40.7 Å². The van der Waals surface area contributed by atoms with Gasteiger partial charge in [-0.3, -0.25) is 19.2 Å². The lowest BCUT2D eigenvalue weighted by Crippen LogP contribution is -2.22. The molecule has 6 rings (SSSR count). The number of nitrogens with two attached hydrogens (primary N) is 1. The van der Waals surface area contributed by atoms with E-state index in [4.69, 9.17) is 29.7 Å². The SMILES string of the molecule is CCCCCCCOc1ccc(-c2nc(-c3ccc(C[C@H](CC(=O)c4ccc(C(C)(C)C)cc4)C(=O)OC)cc3)no2)cc1.COC(=O)[C@@H](CC(=O)c1ccc(C(C)(C)C)cc1)Cc1ccc(/C(N)=N/O)cc1. The van der Waals surface area contributed by atoms with Crippen LogP contribution in [0.5, 0.6) is 5.75 Å². The number of amidine groups is 1. The molecule has 0 aliphatic heterocycles. The van der Waals surface area contributed by atoms with Crippen molar-refractivity contribution in [3.05, 3.63) is 160 Å². The first kappa shape index (κ1) is 56.5. The zero-order chi connectivity index (χ0) is 53.1. The second-order valence-electron chi connectivity index (χ2n) is 20.3. The molecule has 2 atom stereocenters. The Morgan fingerprint density at radius 2 is 1.04 bits per heavy atom. The van der Waals surface area contributed by atoms with Crippen molar-refractivity contribution in [3.63, 3.8) is 0 Å². The molecule has 13 heteroatoms. The average Bonchev–Trinajstić information content (AvgIpc) is 3.89. The fourth-order valence-electron chi connectivity index (χ4n) is 8.08. The molecule has 0 saturated carbocycles. The summed E-state index contributed by atoms with van der Waals surface area (Å²) in [5.74, 6) is -0.472. The number of ketones is 2. The summed E-state index contributed by atoms with van der Waals surface area (Å²) in [5.41, 5.74) is 13.0. The minimum absolute atomic E-state index is 0.000910. The molecule has 0 aliphatic rings. The number of unbranched alkanes of at least 4 members (excludes halogenated alkanes) is 4. The molecule has 3 N–H and O–H groups in total. The zero-order valence-corrected chi connectivity index (χ0v) is 43.9. The minimum atomic E-state index is -0.593. The van der Waals surface area contributed by atoms with E-state index in [-0.39, 0.29) is 41.1 Å². The van der Waals surface area contributed by atoms with E-state index in [1.807, 2.05) is 97.1 Å². The van der Waals surface area contributed by atoms with Crippen molar-refractivity contribution in [1.29, 1.82) is 0 Å². The molecule has 0 unspecified atom stereocenters. The second kappa shape index (κ2) is 26.9. The first-order valence-electron chi connectivity index (χ1n) is 25.0. The van der Waals surface area contributed by atoms with Crippen LogP contribution in [0.15, 0.2) is 131 Å². The van der Waals surface area contributed by atoms with Crippen molar-refractivity contribution in [2.24, 2.45) is 22.7 Å². The standard InChI is InChI=1S/C37H44N2O5.C23H28N2O4/c1-6-7-8-9-10-23-43-32-21-17-29(18-22-32)35-38-34(39-44-35)28-13-11-26(12-14-28)24-30(36(41)42-5)25-33(40)27-15-19-31(20-16-27)37(2,3)4;1-23(2,3)19-11-9-16(10-12-19)20(26)14-18(22(27)29-4)13-15-5-7-17(8-6-15)21(24)25-28/h11-22,30H,6-10,23-25H2,1-5H3;5-12,18,28H,13-14H2,1-4H3,(H2,24,25)/t30-;18-/m11/s1. The van der Waals surface area contributed by atoms with Gasteiger partial charge >= 0.3 is 11.9 Å². The number of esters is 2. The van der Waals surface area contributed by atoms with Gasteiger partial charge in [0.15, 0.2) is 17.4 Å². The van der Waals surface area contributed by atoms with Crippen LogP contribution in [-0.4, -0.2) is 65.5 Å². The molecular formula is C60H72N4O9. The molecule has 73 heavy (non-hydrogen) atoms. The molecule has 0 amide bonds. The van der Waals surface area contributed by atoms with E-state index in [2.05, 4.69) is 63.8 Å². The van der Waals surface area contributed by atoms with E-state index in [0.29, 0.717) is 47.9 Å². The molecule has 0 radical (unpaired) electrons. The monoisotopic (exact) mass is 993 g/mol. The quantitative estimate of drug-likeness (QED) is 0.0124. The van der Waals surface area contributed by atoms with Crippen molar-refractivity contribution < 1.29 is 43.1 Å². The van der Waals surface area contributed by atoms with Gasteiger partial charge in [0.2, 0.25) is 5.82 Å². The van der Waals surface area contributed by atoms with E-state index in [9.17, 15) is 19.2 Å². The van der Waals surface area contributed by atoms with Crippen LogP contribution in [0.2, 0.25) is 0 Å². The summed E-state index contributed by atoms with van der Waals surface area (Å²) in [6, 6.07) is 37.4. The number of Topliss-reactive ketones (excluding diaryl/α,β-unsaturated/α-hetero) is 2. The largest absolute Gasteiger partial charge is 0.494 e. The van der Waals surface area contributed by atoms with Crippen molar-refractivity contribution in [2.75, 3.05) is 20.8 Å². The smallest absolute Gasteiger partial charge is 0.309 e. The molecule has 0 spiro atoms. The Morgan fingerprint density at radius 3 is 1.48 bits per heavy atom. The number of hydrogen-bond acceptors (Lipinski definition) is 12. The van der Waals surface area contributed by atoms with Crippen LogP contribution >= 0.6 is 0 Å². The molecule has 6 aromatic rings. The van der Waals surface area contributed by atoms with Gasteiger partial charge in [-0.25, -0.2) is 0 Å². The van der Waals surface area contributed by atoms with Crippen LogP contribution in [0.3, 0.4) is 0 Å². The Morgan fingerprint density at radius 1 is 0.603 bits per heavy atom. The predicted octanol–water partition coefficient (Wildman–Crippen LogP) is 12.3. The summed E-state index contributed by atoms with van der Waals surface area (Å²) in [5, 5.41) is 15.9. The number of methoxy groups -OCH3 is 2. The molecule has 0 aliphatic carbocycles. The third-order valence-electron chi connectivity index (χ3n) is 12.7. The lowest BCUT2D eigenvalue weighted by atomic mass is 9.85. The van der Waals surface area contributed by atoms with Crippen molar-refractivity contribution in [3.8, 4) is 28.6 Å². The Bertz CT molecular complexity index is 2730. The Balaban J connectivity index is 0.000000295. The highest BCUT2D eigenvalue weighted by molar-refractivity contribution is 5.99. The number of hydrogen-bond donors (Lipinski definition) is 2. The highest BCUT2D eigenvalue weighted by atomic mass is 16.5. The number of benzene rings is 5. The maximum Gasteiger partial charge on any atom is 0.309 e. The number of ether oxygens (including phenoxy) is 3. The van der Waals surface area contributed by atoms with Crippen LogP contribution in [-0.2, 0) is 42.7 Å². The van der Waals surface area contributed by atoms with Crippen molar-refractivity contribution in [1.82, 2.24) is 10.1 Å². The summed E-state index contributed by atoms with van der Waals surface area (Å²) < 4.78 is 21.3. The van der Waals surface area contributed by atoms with Crippen LogP contribution in [0.1, 0.15) is 142 Å². The Labute approximate surface area is 430 Å². The third kappa shape index (κ3) is 17.1. The minimum Gasteiger partial charge on any atom is -0.494 e. The summed E-state index contributed by atoms with van der Waals surface area (Å²) >= 11 is 0. The van der Waals surface area contributed by atoms with Crippen molar-refractivity contribution in [2.45, 2.75) is 117 Å². The molecule has 1 aromatic heterocycles. The van der Waals surface area contributed by atoms with Gasteiger partial charge in [0.25, 0.3) is 5.89 Å². The highest BCUT2D eigenvalue weighted by Gasteiger charge is 2.26. The van der Waals surface area contributed by atoms with Gasteiger partial charge < -0.3 is 29.7 Å². The van der Waals surface area contributed by atoms with Gasteiger partial charge in [-0.1, -0.05) is 182 Å². The van der Waals surface area contributed by atoms with Crippen LogP contribution < -0.4 is 10.5 Å². The highest BCUT2D eigenvalue weighted by Crippen LogP contribution is 2.28. The van der Waals surface area contributed by atoms with E-state index in [0.717, 1.165) is 45.6 Å². The summed E-state index contributed by atoms with van der Waals surface area (Å²) in [6.45, 7) is 15.7. The maximum atomic E-state index is 13.1. The van der Waals surface area contributed by atoms with E-state index < -0.39 is 23.8 Å². The molecule has 0 bridgehead atoms. The van der Waals surface area contributed by atoms with E-state index in [1.54, 1.807) is 24.3 Å². The maximum absolute atomic E-state index is 13.1. The van der Waals surface area contributed by atoms with E-state index >= 15 is 0 Å². The molecule has 1 heterocycles. The number of oxime groups is 1. The second-order valence-corrected chi connectivity index (χ2v) is 20.3. The molecule has 5 aromatic carbocycles. The Kier molecular flexibility index (Phi) is 20.8. The van der Waals surface area contributed by atoms with Gasteiger partial charge in [-0.05, 0) is 76.6 Å². The number of rotatable bonds is 22. The first-order valence-corrected chi connectivity index (χ1v) is 25.0. The first-order chi connectivity index (χ1) is 34.8. The summed E-state index contributed by atoms with van der Waals surface area (Å²) in [6.07, 6.45) is 6.88. The average molecular weight is 993 g/mol. The van der Waals surface area contributed by atoms with Gasteiger partial charge in [-0.15, -0.1) is 0 Å². The topological polar surface area (TPSA) is 193 Å². The Hall–Kier alpha value is -7.41. The van der Waals surface area contributed by atoms with Crippen LogP contribution in [0.25, 0.3) is 22.8 Å². The normalized spacial score (nSPS) is 12.5. The molecule has 0 fully saturated rings. The van der Waals surface area contributed by atoms with Gasteiger partial charge in [-0.2, -0.15) is 4.98 Å². The lowest BCUT2D eigenvalue weighted by Gasteiger charge is -2.19. The molecular weight excluding hydrogens is 921 g/mol. The predicted molar refractivity (Wildman–Crippen MR) is 285 cm³/mol. The van der Waals surface area contributed by atoms with Gasteiger partial charge in [0.05, 0.1) is 32.7 Å². The summed E-state index contributed by atoms with van der Waals surface area (Å²) in [4.78, 5) is 55.2. The summed E-state index contributed by atoms with van der Waals surface area (Å²) in [7, 11) is 2.67. The molecule has 386 valence electrons. The number of aromatic nitrogens is 2. The number of carbonyl (C=O) groups is 4. The third-order valence-corrected chi connectivity index (χ3v) is 12.7. The van der Waals surface area contributed by atoms with Crippen LogP contribution in [0, 0.1) is 11.8 Å². The fourth-order valence-corrected chi connectivity index (χ4v) is 8.08. The lowest BCUT2D eigenvalue weighted by molar-refractivity contribution is -0.146. The number of carbonyl (C=O) groups excluding carboxylic acids is 4. The fraction of sp³-hybridized carbons (Fsp3) is 0.383. The number of nitrogens with zero attached hydrogens (tertiary/aromatic N) is 3.